The summed E-state index contributed by atoms with van der Waals surface area (Å²) < 4.78 is 5.51. The van der Waals surface area contributed by atoms with Crippen molar-refractivity contribution in [2.24, 2.45) is 0 Å². The fourth-order valence-corrected chi connectivity index (χ4v) is 4.11. The van der Waals surface area contributed by atoms with Gasteiger partial charge < -0.3 is 25.6 Å². The number of amides is 3. The quantitative estimate of drug-likeness (QED) is 0.649. The van der Waals surface area contributed by atoms with Gasteiger partial charge in [-0.1, -0.05) is 43.0 Å². The molecule has 3 amide bonds. The van der Waals surface area contributed by atoms with Crippen LogP contribution in [0.1, 0.15) is 35.7 Å². The van der Waals surface area contributed by atoms with Crippen molar-refractivity contribution in [2.45, 2.75) is 38.6 Å². The minimum Gasteiger partial charge on any atom is -0.367 e. The van der Waals surface area contributed by atoms with Gasteiger partial charge in [0.2, 0.25) is 11.8 Å². The number of rotatable bonds is 6. The number of carbonyl (C=O) groups is 3. The lowest BCUT2D eigenvalue weighted by Crippen LogP contribution is -2.56. The third-order valence-electron chi connectivity index (χ3n) is 5.60. The smallest absolute Gasteiger partial charge is 0.260 e. The molecule has 8 heteroatoms. The zero-order valence-corrected chi connectivity index (χ0v) is 17.9. The van der Waals surface area contributed by atoms with E-state index in [1.165, 1.54) is 0 Å². The van der Waals surface area contributed by atoms with Gasteiger partial charge in [0.15, 0.2) is 0 Å². The second-order valence-corrected chi connectivity index (χ2v) is 7.92. The number of hydrogen-bond acceptors (Lipinski definition) is 5. The maximum Gasteiger partial charge on any atom is 0.260 e. The van der Waals surface area contributed by atoms with Crippen LogP contribution in [0.25, 0.3) is 0 Å². The minimum absolute atomic E-state index is 0.0971. The molecule has 2 heterocycles. The zero-order chi connectivity index (χ0) is 22.7. The summed E-state index contributed by atoms with van der Waals surface area (Å²) in [6.45, 7) is 6.01. The number of piperidine rings is 1. The number of nitrogens with zero attached hydrogens (tertiary/aromatic N) is 1. The number of fused-ring (bicyclic) bond motifs is 1. The van der Waals surface area contributed by atoms with Crippen molar-refractivity contribution >= 4 is 29.1 Å². The number of hydrogen-bond donors (Lipinski definition) is 3. The van der Waals surface area contributed by atoms with Crippen molar-refractivity contribution in [2.75, 3.05) is 17.2 Å². The third kappa shape index (κ3) is 4.50. The Bertz CT molecular complexity index is 1050. The van der Waals surface area contributed by atoms with E-state index in [0.29, 0.717) is 42.1 Å². The Morgan fingerprint density at radius 2 is 1.97 bits per heavy atom. The van der Waals surface area contributed by atoms with Crippen LogP contribution < -0.4 is 16.0 Å². The molecule has 4 rings (SSSR count). The van der Waals surface area contributed by atoms with E-state index in [9.17, 15) is 14.4 Å². The molecule has 8 nitrogen and oxygen atoms in total. The van der Waals surface area contributed by atoms with Crippen molar-refractivity contribution in [1.82, 2.24) is 10.2 Å². The average molecular weight is 434 g/mol. The SMILES string of the molecule is C=C1NC(=O)CCC1N1C(=O)c2c(NC(=O)COCc3ccccc3)cccc2NC1C. The van der Waals surface area contributed by atoms with Gasteiger partial charge in [0.05, 0.1) is 35.8 Å². The Balaban J connectivity index is 1.47. The number of nitrogens with one attached hydrogen (secondary N) is 3. The second-order valence-electron chi connectivity index (χ2n) is 7.92. The van der Waals surface area contributed by atoms with Gasteiger partial charge in [0, 0.05) is 12.1 Å². The van der Waals surface area contributed by atoms with Crippen molar-refractivity contribution in [3.63, 3.8) is 0 Å². The molecule has 2 aromatic rings. The molecule has 0 spiro atoms. The first-order valence-electron chi connectivity index (χ1n) is 10.6. The van der Waals surface area contributed by atoms with E-state index >= 15 is 0 Å². The summed E-state index contributed by atoms with van der Waals surface area (Å²) in [6, 6.07) is 14.5. The summed E-state index contributed by atoms with van der Waals surface area (Å²) in [5.41, 5.74) is 2.92. The molecule has 2 aliphatic rings. The number of ether oxygens (including phenoxy) is 1. The molecule has 0 radical (unpaired) electrons. The van der Waals surface area contributed by atoms with Crippen LogP contribution in [0.5, 0.6) is 0 Å². The van der Waals surface area contributed by atoms with E-state index in [0.717, 1.165) is 5.56 Å². The molecule has 2 aliphatic heterocycles. The average Bonchev–Trinajstić information content (AvgIpc) is 2.76. The summed E-state index contributed by atoms with van der Waals surface area (Å²) in [5, 5.41) is 8.85. The summed E-state index contributed by atoms with van der Waals surface area (Å²) in [5.74, 6) is -0.670. The van der Waals surface area contributed by atoms with Gasteiger partial charge in [-0.25, -0.2) is 0 Å². The van der Waals surface area contributed by atoms with Crippen molar-refractivity contribution < 1.29 is 19.1 Å². The van der Waals surface area contributed by atoms with Gasteiger partial charge in [-0.15, -0.1) is 0 Å². The molecule has 32 heavy (non-hydrogen) atoms. The largest absolute Gasteiger partial charge is 0.367 e. The Labute approximate surface area is 186 Å². The Morgan fingerprint density at radius 1 is 1.19 bits per heavy atom. The van der Waals surface area contributed by atoms with Crippen LogP contribution in [0.3, 0.4) is 0 Å². The van der Waals surface area contributed by atoms with E-state index in [2.05, 4.69) is 22.5 Å². The highest BCUT2D eigenvalue weighted by atomic mass is 16.5. The lowest BCUT2D eigenvalue weighted by Gasteiger charge is -2.43. The van der Waals surface area contributed by atoms with Gasteiger partial charge in [-0.3, -0.25) is 14.4 Å². The number of carbonyl (C=O) groups excluding carboxylic acids is 3. The third-order valence-corrected chi connectivity index (χ3v) is 5.60. The molecule has 0 aromatic heterocycles. The van der Waals surface area contributed by atoms with Crippen LogP contribution in [0.2, 0.25) is 0 Å². The molecular weight excluding hydrogens is 408 g/mol. The first-order chi connectivity index (χ1) is 15.4. The zero-order valence-electron chi connectivity index (χ0n) is 17.9. The molecule has 2 unspecified atom stereocenters. The standard InChI is InChI=1S/C24H26N4O4/c1-15-20(11-12-21(29)25-15)28-16(2)26-18-9-6-10-19(23(18)24(28)31)27-22(30)14-32-13-17-7-4-3-5-8-17/h3-10,16,20,26H,1,11-14H2,2H3,(H,25,29)(H,27,30). The van der Waals surface area contributed by atoms with Crippen molar-refractivity contribution in [3.8, 4) is 0 Å². The first kappa shape index (κ1) is 21.6. The predicted molar refractivity (Wildman–Crippen MR) is 121 cm³/mol. The summed E-state index contributed by atoms with van der Waals surface area (Å²) >= 11 is 0. The highest BCUT2D eigenvalue weighted by molar-refractivity contribution is 6.09. The van der Waals surface area contributed by atoms with Crippen molar-refractivity contribution in [1.29, 1.82) is 0 Å². The van der Waals surface area contributed by atoms with Gasteiger partial charge in [-0.2, -0.15) is 0 Å². The Kier molecular flexibility index (Phi) is 6.23. The second kappa shape index (κ2) is 9.23. The van der Waals surface area contributed by atoms with E-state index in [4.69, 9.17) is 4.74 Å². The molecule has 2 aromatic carbocycles. The Hall–Kier alpha value is -3.65. The molecule has 1 saturated heterocycles. The topological polar surface area (TPSA) is 99.8 Å². The van der Waals surface area contributed by atoms with Gasteiger partial charge >= 0.3 is 0 Å². The molecule has 0 bridgehead atoms. The van der Waals surface area contributed by atoms with E-state index < -0.39 is 0 Å². The molecular formula is C24H26N4O4. The fourth-order valence-electron chi connectivity index (χ4n) is 4.11. The van der Waals surface area contributed by atoms with Crippen LogP contribution in [0, 0.1) is 0 Å². The molecule has 0 saturated carbocycles. The van der Waals surface area contributed by atoms with Crippen LogP contribution in [0.4, 0.5) is 11.4 Å². The van der Waals surface area contributed by atoms with E-state index in [1.54, 1.807) is 23.1 Å². The van der Waals surface area contributed by atoms with Crippen molar-refractivity contribution in [3.05, 3.63) is 71.9 Å². The monoisotopic (exact) mass is 434 g/mol. The molecule has 0 aliphatic carbocycles. The lowest BCUT2D eigenvalue weighted by atomic mass is 9.97. The maximum atomic E-state index is 13.5. The van der Waals surface area contributed by atoms with Gasteiger partial charge in [0.25, 0.3) is 5.91 Å². The molecule has 1 fully saturated rings. The summed E-state index contributed by atoms with van der Waals surface area (Å²) in [4.78, 5) is 39.3. The lowest BCUT2D eigenvalue weighted by molar-refractivity contribution is -0.122. The Morgan fingerprint density at radius 3 is 2.72 bits per heavy atom. The highest BCUT2D eigenvalue weighted by Crippen LogP contribution is 2.34. The molecule has 166 valence electrons. The van der Waals surface area contributed by atoms with E-state index in [-0.39, 0.29) is 36.5 Å². The van der Waals surface area contributed by atoms with Crippen LogP contribution in [0.15, 0.2) is 60.8 Å². The first-order valence-corrected chi connectivity index (χ1v) is 10.6. The highest BCUT2D eigenvalue weighted by Gasteiger charge is 2.39. The molecule has 2 atom stereocenters. The van der Waals surface area contributed by atoms with Crippen LogP contribution in [-0.2, 0) is 20.9 Å². The molecule has 3 N–H and O–H groups in total. The van der Waals surface area contributed by atoms with Gasteiger partial charge in [-0.05, 0) is 31.0 Å². The minimum atomic E-state index is -0.346. The summed E-state index contributed by atoms with van der Waals surface area (Å²) in [7, 11) is 0. The predicted octanol–water partition coefficient (Wildman–Crippen LogP) is 2.85. The fraction of sp³-hybridized carbons (Fsp3) is 0.292. The maximum absolute atomic E-state index is 13.5. The normalized spacial score (nSPS) is 20.3. The summed E-state index contributed by atoms with van der Waals surface area (Å²) in [6.07, 6.45) is 0.524. The number of benzene rings is 2. The van der Waals surface area contributed by atoms with Crippen LogP contribution in [-0.4, -0.2) is 41.4 Å². The number of anilines is 2. The van der Waals surface area contributed by atoms with Gasteiger partial charge in [0.1, 0.15) is 6.61 Å². The van der Waals surface area contributed by atoms with E-state index in [1.807, 2.05) is 37.3 Å². The van der Waals surface area contributed by atoms with Crippen LogP contribution >= 0.6 is 0 Å².